The van der Waals surface area contributed by atoms with E-state index in [1.54, 1.807) is 0 Å². The van der Waals surface area contributed by atoms with Gasteiger partial charge in [-0.15, -0.1) is 11.6 Å². The summed E-state index contributed by atoms with van der Waals surface area (Å²) < 4.78 is 5.78. The van der Waals surface area contributed by atoms with E-state index in [9.17, 15) is 0 Å². The topological polar surface area (TPSA) is 25.4 Å². The van der Waals surface area contributed by atoms with Gasteiger partial charge in [0.2, 0.25) is 0 Å². The first-order valence-corrected chi connectivity index (χ1v) is 8.16. The van der Waals surface area contributed by atoms with E-state index in [1.807, 2.05) is 0 Å². The minimum atomic E-state index is 0.324. The number of pyridine rings is 1. The van der Waals surface area contributed by atoms with Crippen molar-refractivity contribution in [3.05, 3.63) is 36.0 Å². The number of rotatable bonds is 5. The van der Waals surface area contributed by atoms with Crippen LogP contribution in [0, 0.1) is 0 Å². The highest BCUT2D eigenvalue weighted by molar-refractivity contribution is 6.17. The molecule has 4 heteroatoms. The monoisotopic (exact) mass is 304 g/mol. The van der Waals surface area contributed by atoms with Gasteiger partial charge >= 0.3 is 0 Å². The van der Waals surface area contributed by atoms with Gasteiger partial charge in [-0.1, -0.05) is 24.3 Å². The molecule has 0 radical (unpaired) electrons. The van der Waals surface area contributed by atoms with Crippen molar-refractivity contribution < 1.29 is 4.74 Å². The number of hydrogen-bond acceptors (Lipinski definition) is 3. The molecule has 1 fully saturated rings. The van der Waals surface area contributed by atoms with Gasteiger partial charge in [-0.2, -0.15) is 0 Å². The molecule has 0 saturated carbocycles. The Hall–Kier alpha value is -1.32. The molecule has 2 aromatic rings. The highest BCUT2D eigenvalue weighted by atomic mass is 35.5. The van der Waals surface area contributed by atoms with Crippen LogP contribution in [0.25, 0.3) is 10.8 Å². The maximum Gasteiger partial charge on any atom is 0.136 e. The third-order valence-electron chi connectivity index (χ3n) is 4.04. The number of anilines is 1. The molecular formula is C17H21ClN2O. The standard InChI is InChI=1S/C17H21ClN2O/c1-2-20(12-15-7-5-9-21-15)17-16-8-4-3-6-13(16)10-14(11-18)19-17/h3-4,6,8,10,15H,2,5,7,9,11-12H2,1H3. The fourth-order valence-corrected chi connectivity index (χ4v) is 3.08. The highest BCUT2D eigenvalue weighted by Gasteiger charge is 2.20. The molecule has 1 aromatic carbocycles. The number of halogens is 1. The summed E-state index contributed by atoms with van der Waals surface area (Å²) in [6, 6.07) is 10.4. The zero-order chi connectivity index (χ0) is 14.7. The Balaban J connectivity index is 1.99. The molecule has 0 aliphatic carbocycles. The number of aromatic nitrogens is 1. The third kappa shape index (κ3) is 3.14. The van der Waals surface area contributed by atoms with E-state index in [0.29, 0.717) is 12.0 Å². The summed E-state index contributed by atoms with van der Waals surface area (Å²) in [7, 11) is 0. The lowest BCUT2D eigenvalue weighted by molar-refractivity contribution is 0.115. The second kappa shape index (κ2) is 6.63. The zero-order valence-corrected chi connectivity index (χ0v) is 13.1. The summed E-state index contributed by atoms with van der Waals surface area (Å²) in [5.74, 6) is 1.47. The van der Waals surface area contributed by atoms with E-state index in [1.165, 1.54) is 10.8 Å². The number of likely N-dealkylation sites (N-methyl/N-ethyl adjacent to an activating group) is 1. The van der Waals surface area contributed by atoms with Gasteiger partial charge in [0.15, 0.2) is 0 Å². The van der Waals surface area contributed by atoms with Gasteiger partial charge in [0.25, 0.3) is 0 Å². The van der Waals surface area contributed by atoms with Crippen molar-refractivity contribution in [3.8, 4) is 0 Å². The molecule has 3 rings (SSSR count). The summed E-state index contributed by atoms with van der Waals surface area (Å²) in [6.07, 6.45) is 2.63. The summed E-state index contributed by atoms with van der Waals surface area (Å²) >= 11 is 6.01. The molecule has 1 unspecified atom stereocenters. The number of hydrogen-bond donors (Lipinski definition) is 0. The summed E-state index contributed by atoms with van der Waals surface area (Å²) in [6.45, 7) is 4.87. The van der Waals surface area contributed by atoms with Crippen molar-refractivity contribution in [2.75, 3.05) is 24.6 Å². The average Bonchev–Trinajstić information content (AvgIpc) is 3.04. The van der Waals surface area contributed by atoms with Crippen LogP contribution in [0.4, 0.5) is 5.82 Å². The van der Waals surface area contributed by atoms with Gasteiger partial charge in [0, 0.05) is 25.1 Å². The Bertz CT molecular complexity index is 611. The molecule has 112 valence electrons. The maximum atomic E-state index is 6.01. The van der Waals surface area contributed by atoms with E-state index in [0.717, 1.165) is 44.0 Å². The van der Waals surface area contributed by atoms with Gasteiger partial charge in [0.05, 0.1) is 17.7 Å². The lowest BCUT2D eigenvalue weighted by Crippen LogP contribution is -2.33. The maximum absolute atomic E-state index is 6.01. The molecule has 1 aromatic heterocycles. The second-order valence-corrected chi connectivity index (χ2v) is 5.73. The summed E-state index contributed by atoms with van der Waals surface area (Å²) in [5, 5.41) is 2.38. The number of fused-ring (bicyclic) bond motifs is 1. The molecule has 21 heavy (non-hydrogen) atoms. The number of nitrogens with zero attached hydrogens (tertiary/aromatic N) is 2. The van der Waals surface area contributed by atoms with E-state index in [2.05, 4.69) is 42.2 Å². The van der Waals surface area contributed by atoms with Gasteiger partial charge in [-0.05, 0) is 31.2 Å². The van der Waals surface area contributed by atoms with E-state index >= 15 is 0 Å². The Kier molecular flexibility index (Phi) is 4.61. The van der Waals surface area contributed by atoms with Gasteiger partial charge < -0.3 is 9.64 Å². The molecule has 1 saturated heterocycles. The Morgan fingerprint density at radius 1 is 1.38 bits per heavy atom. The molecule has 2 heterocycles. The van der Waals surface area contributed by atoms with Crippen LogP contribution in [0.15, 0.2) is 30.3 Å². The van der Waals surface area contributed by atoms with Crippen LogP contribution in [0.2, 0.25) is 0 Å². The van der Waals surface area contributed by atoms with Crippen molar-refractivity contribution in [2.45, 2.75) is 31.7 Å². The van der Waals surface area contributed by atoms with Crippen LogP contribution in [0.5, 0.6) is 0 Å². The van der Waals surface area contributed by atoms with E-state index < -0.39 is 0 Å². The average molecular weight is 305 g/mol. The van der Waals surface area contributed by atoms with Crippen LogP contribution in [0.3, 0.4) is 0 Å². The third-order valence-corrected chi connectivity index (χ3v) is 4.31. The fourth-order valence-electron chi connectivity index (χ4n) is 2.94. The highest BCUT2D eigenvalue weighted by Crippen LogP contribution is 2.27. The molecule has 0 N–H and O–H groups in total. The summed E-state index contributed by atoms with van der Waals surface area (Å²) in [4.78, 5) is 7.08. The van der Waals surface area contributed by atoms with Crippen molar-refractivity contribution in [2.24, 2.45) is 0 Å². The normalized spacial score (nSPS) is 18.3. The Morgan fingerprint density at radius 3 is 2.95 bits per heavy atom. The molecular weight excluding hydrogens is 284 g/mol. The lowest BCUT2D eigenvalue weighted by atomic mass is 10.1. The van der Waals surface area contributed by atoms with E-state index in [-0.39, 0.29) is 0 Å². The van der Waals surface area contributed by atoms with Crippen molar-refractivity contribution in [3.63, 3.8) is 0 Å². The smallest absolute Gasteiger partial charge is 0.136 e. The van der Waals surface area contributed by atoms with Crippen LogP contribution in [-0.4, -0.2) is 30.8 Å². The predicted octanol–water partition coefficient (Wildman–Crippen LogP) is 3.98. The van der Waals surface area contributed by atoms with Crippen LogP contribution >= 0.6 is 11.6 Å². The largest absolute Gasteiger partial charge is 0.376 e. The second-order valence-electron chi connectivity index (χ2n) is 5.47. The van der Waals surface area contributed by atoms with Gasteiger partial charge in [-0.3, -0.25) is 0 Å². The lowest BCUT2D eigenvalue weighted by Gasteiger charge is -2.26. The fraction of sp³-hybridized carbons (Fsp3) is 0.471. The molecule has 1 aliphatic rings. The van der Waals surface area contributed by atoms with E-state index in [4.69, 9.17) is 21.3 Å². The Morgan fingerprint density at radius 2 is 2.24 bits per heavy atom. The molecule has 0 amide bonds. The Labute approximate surface area is 130 Å². The minimum Gasteiger partial charge on any atom is -0.376 e. The van der Waals surface area contributed by atoms with Crippen LogP contribution in [0.1, 0.15) is 25.5 Å². The predicted molar refractivity (Wildman–Crippen MR) is 88.2 cm³/mol. The van der Waals surface area contributed by atoms with Gasteiger partial charge in [-0.25, -0.2) is 4.98 Å². The first-order chi connectivity index (χ1) is 10.3. The molecule has 0 bridgehead atoms. The number of alkyl halides is 1. The molecule has 1 aliphatic heterocycles. The molecule has 0 spiro atoms. The van der Waals surface area contributed by atoms with Crippen LogP contribution in [-0.2, 0) is 10.6 Å². The quantitative estimate of drug-likeness (QED) is 0.781. The zero-order valence-electron chi connectivity index (χ0n) is 12.4. The molecule has 1 atom stereocenters. The molecule has 3 nitrogen and oxygen atoms in total. The van der Waals surface area contributed by atoms with Crippen molar-refractivity contribution in [1.82, 2.24) is 4.98 Å². The number of ether oxygens (including phenoxy) is 1. The van der Waals surface area contributed by atoms with Crippen LogP contribution < -0.4 is 4.90 Å². The first-order valence-electron chi connectivity index (χ1n) is 7.63. The summed E-state index contributed by atoms with van der Waals surface area (Å²) in [5.41, 5.74) is 0.927. The van der Waals surface area contributed by atoms with Crippen molar-refractivity contribution >= 4 is 28.2 Å². The SMILES string of the molecule is CCN(CC1CCCO1)c1nc(CCl)cc2ccccc12. The minimum absolute atomic E-state index is 0.324. The number of benzene rings is 1. The van der Waals surface area contributed by atoms with Crippen molar-refractivity contribution in [1.29, 1.82) is 0 Å². The van der Waals surface area contributed by atoms with Gasteiger partial charge in [0.1, 0.15) is 5.82 Å². The first kappa shape index (κ1) is 14.6.